The number of aromatic amines is 1. The summed E-state index contributed by atoms with van der Waals surface area (Å²) >= 11 is 0. The van der Waals surface area contributed by atoms with Gasteiger partial charge in [-0.05, 0) is 54.6 Å². The third kappa shape index (κ3) is 5.17. The summed E-state index contributed by atoms with van der Waals surface area (Å²) in [5.74, 6) is -0.169. The van der Waals surface area contributed by atoms with Crippen molar-refractivity contribution in [3.05, 3.63) is 96.2 Å². The van der Waals surface area contributed by atoms with E-state index in [4.69, 9.17) is 5.14 Å². The highest BCUT2D eigenvalue weighted by Crippen LogP contribution is 2.26. The molecule has 1 aromatic heterocycles. The molecule has 0 aliphatic heterocycles. The van der Waals surface area contributed by atoms with Gasteiger partial charge in [-0.2, -0.15) is 0 Å². The number of primary sulfonamides is 1. The smallest absolute Gasteiger partial charge is 0.238 e. The highest BCUT2D eigenvalue weighted by molar-refractivity contribution is 7.89. The number of aliphatic imine (C=N–C) groups is 1. The molecule has 33 heavy (non-hydrogen) atoms. The molecule has 1 heterocycles. The molecule has 0 spiro atoms. The minimum absolute atomic E-state index is 0.00996. The molecule has 0 unspecified atom stereocenters. The normalized spacial score (nSPS) is 12.0. The number of allylic oxidation sites excluding steroid dienone is 1. The summed E-state index contributed by atoms with van der Waals surface area (Å²) in [5.41, 5.74) is 3.13. The number of para-hydroxylation sites is 1. The van der Waals surface area contributed by atoms with E-state index in [1.54, 1.807) is 42.6 Å². The van der Waals surface area contributed by atoms with Gasteiger partial charge in [0.25, 0.3) is 0 Å². The monoisotopic (exact) mass is 460 g/mol. The Bertz CT molecular complexity index is 1470. The Labute approximate surface area is 190 Å². The molecule has 0 atom stereocenters. The van der Waals surface area contributed by atoms with Crippen LogP contribution in [0.4, 0.5) is 11.4 Å². The van der Waals surface area contributed by atoms with E-state index in [-0.39, 0.29) is 16.6 Å². The molecule has 0 saturated carbocycles. The Morgan fingerprint density at radius 1 is 1.00 bits per heavy atom. The van der Waals surface area contributed by atoms with Crippen molar-refractivity contribution in [1.29, 1.82) is 0 Å². The first-order valence-electron chi connectivity index (χ1n) is 9.85. The summed E-state index contributed by atoms with van der Waals surface area (Å²) < 4.78 is 22.5. The van der Waals surface area contributed by atoms with Crippen LogP contribution in [0.5, 0.6) is 5.88 Å². The van der Waals surface area contributed by atoms with E-state index >= 15 is 0 Å². The quantitative estimate of drug-likeness (QED) is 0.187. The number of carbonyl (C=O) groups is 1. The molecule has 0 fully saturated rings. The number of H-pyrrole nitrogens is 1. The van der Waals surface area contributed by atoms with Crippen LogP contribution in [0.2, 0.25) is 0 Å². The number of benzene rings is 3. The van der Waals surface area contributed by atoms with Crippen molar-refractivity contribution >= 4 is 44.3 Å². The van der Waals surface area contributed by atoms with Crippen LogP contribution in [0, 0.1) is 0 Å². The molecule has 0 aliphatic rings. The molecule has 8 nitrogen and oxygen atoms in total. The zero-order chi connectivity index (χ0) is 23.4. The number of hydrogen-bond acceptors (Lipinski definition) is 6. The summed E-state index contributed by atoms with van der Waals surface area (Å²) in [6.45, 7) is 0. The van der Waals surface area contributed by atoms with E-state index in [0.717, 1.165) is 10.9 Å². The average molecular weight is 461 g/mol. The van der Waals surface area contributed by atoms with E-state index < -0.39 is 10.0 Å². The van der Waals surface area contributed by atoms with Crippen LogP contribution in [-0.2, 0) is 10.0 Å². The fourth-order valence-corrected chi connectivity index (χ4v) is 3.70. The van der Waals surface area contributed by atoms with Gasteiger partial charge in [0.1, 0.15) is 0 Å². The summed E-state index contributed by atoms with van der Waals surface area (Å²) in [6, 6.07) is 20.1. The topological polar surface area (TPSA) is 138 Å². The number of ketones is 1. The van der Waals surface area contributed by atoms with Gasteiger partial charge >= 0.3 is 0 Å². The lowest BCUT2D eigenvalue weighted by molar-refractivity contribution is 0.104. The fourth-order valence-electron chi connectivity index (χ4n) is 3.18. The number of carbonyl (C=O) groups excluding carboxylic acids is 1. The minimum atomic E-state index is -3.75. The second-order valence-corrected chi connectivity index (χ2v) is 8.71. The van der Waals surface area contributed by atoms with E-state index in [2.05, 4.69) is 15.3 Å². The summed E-state index contributed by atoms with van der Waals surface area (Å²) in [7, 11) is -3.75. The lowest BCUT2D eigenvalue weighted by Gasteiger charge is -2.02. The number of aromatic hydroxyl groups is 1. The summed E-state index contributed by atoms with van der Waals surface area (Å²) in [4.78, 5) is 19.7. The largest absolute Gasteiger partial charge is 0.494 e. The third-order valence-corrected chi connectivity index (χ3v) is 5.82. The Morgan fingerprint density at radius 2 is 1.70 bits per heavy atom. The molecule has 0 radical (unpaired) electrons. The Balaban J connectivity index is 1.40. The highest BCUT2D eigenvalue weighted by atomic mass is 32.2. The van der Waals surface area contributed by atoms with Gasteiger partial charge in [0.05, 0.1) is 16.1 Å². The van der Waals surface area contributed by atoms with Gasteiger partial charge in [-0.3, -0.25) is 9.79 Å². The number of anilines is 1. The van der Waals surface area contributed by atoms with Crippen molar-refractivity contribution in [3.63, 3.8) is 0 Å². The number of fused-ring (bicyclic) bond motifs is 1. The molecule has 5 N–H and O–H groups in total. The SMILES string of the molecule is NS(=O)(=O)c1ccc(NC=CC(=O)c2ccc(N=Cc3c(O)[nH]c4ccccc34)cc2)cc1. The second-order valence-electron chi connectivity index (χ2n) is 7.15. The van der Waals surface area contributed by atoms with Gasteiger partial charge in [-0.25, -0.2) is 13.6 Å². The van der Waals surface area contributed by atoms with E-state index in [0.29, 0.717) is 22.5 Å². The van der Waals surface area contributed by atoms with Crippen LogP contribution in [0.25, 0.3) is 10.9 Å². The number of sulfonamides is 1. The average Bonchev–Trinajstić information content (AvgIpc) is 3.12. The number of hydrogen-bond donors (Lipinski definition) is 4. The number of nitrogens with zero attached hydrogens (tertiary/aromatic N) is 1. The van der Waals surface area contributed by atoms with Crippen LogP contribution in [0.1, 0.15) is 15.9 Å². The minimum Gasteiger partial charge on any atom is -0.494 e. The van der Waals surface area contributed by atoms with Crippen LogP contribution in [0.3, 0.4) is 0 Å². The lowest BCUT2D eigenvalue weighted by Crippen LogP contribution is -2.11. The highest BCUT2D eigenvalue weighted by Gasteiger charge is 2.08. The van der Waals surface area contributed by atoms with Crippen LogP contribution in [0.15, 0.2) is 95.0 Å². The maximum atomic E-state index is 12.4. The van der Waals surface area contributed by atoms with Crippen LogP contribution >= 0.6 is 0 Å². The van der Waals surface area contributed by atoms with Crippen molar-refractivity contribution in [2.75, 3.05) is 5.32 Å². The first kappa shape index (κ1) is 22.0. The number of aromatic nitrogens is 1. The molecular formula is C24H20N4O4S. The molecule has 3 aromatic carbocycles. The molecule has 0 aliphatic carbocycles. The molecular weight excluding hydrogens is 440 g/mol. The van der Waals surface area contributed by atoms with Gasteiger partial charge in [-0.1, -0.05) is 18.2 Å². The van der Waals surface area contributed by atoms with Crippen molar-refractivity contribution < 1.29 is 18.3 Å². The number of nitrogens with two attached hydrogens (primary N) is 1. The lowest BCUT2D eigenvalue weighted by atomic mass is 10.1. The molecule has 9 heteroatoms. The van der Waals surface area contributed by atoms with Crippen LogP contribution in [-0.4, -0.2) is 30.5 Å². The second kappa shape index (κ2) is 9.11. The third-order valence-electron chi connectivity index (χ3n) is 4.89. The van der Waals surface area contributed by atoms with Crippen LogP contribution < -0.4 is 10.5 Å². The fraction of sp³-hybridized carbons (Fsp3) is 0. The molecule has 4 rings (SSSR count). The van der Waals surface area contributed by atoms with E-state index in [9.17, 15) is 18.3 Å². The first-order valence-corrected chi connectivity index (χ1v) is 11.4. The van der Waals surface area contributed by atoms with Crippen molar-refractivity contribution in [2.24, 2.45) is 10.1 Å². The first-order chi connectivity index (χ1) is 15.8. The Hall–Kier alpha value is -4.21. The maximum absolute atomic E-state index is 12.4. The Morgan fingerprint density at radius 3 is 2.39 bits per heavy atom. The molecule has 0 bridgehead atoms. The van der Waals surface area contributed by atoms with Gasteiger partial charge in [0.2, 0.25) is 10.0 Å². The molecule has 166 valence electrons. The zero-order valence-corrected chi connectivity index (χ0v) is 18.1. The molecule has 4 aromatic rings. The van der Waals surface area contributed by atoms with Gasteiger partial charge in [0.15, 0.2) is 11.7 Å². The predicted molar refractivity (Wildman–Crippen MR) is 129 cm³/mol. The number of rotatable bonds is 7. The summed E-state index contributed by atoms with van der Waals surface area (Å²) in [5, 5.41) is 18.9. The van der Waals surface area contributed by atoms with Crippen molar-refractivity contribution in [2.45, 2.75) is 4.90 Å². The standard InChI is InChI=1S/C24H20N4O4S/c25-33(31,32)19-11-9-17(10-12-19)26-14-13-23(29)16-5-7-18(8-6-16)27-15-21-20-3-1-2-4-22(20)28-24(21)30/h1-15,26,28,30H,(H2,25,31,32). The summed E-state index contributed by atoms with van der Waals surface area (Å²) in [6.07, 6.45) is 4.42. The Kier molecular flexibility index (Phi) is 6.07. The van der Waals surface area contributed by atoms with E-state index in [1.807, 2.05) is 24.3 Å². The predicted octanol–water partition coefficient (Wildman–Crippen LogP) is 4.08. The van der Waals surface area contributed by atoms with Crippen molar-refractivity contribution in [1.82, 2.24) is 4.98 Å². The van der Waals surface area contributed by atoms with E-state index in [1.165, 1.54) is 24.4 Å². The maximum Gasteiger partial charge on any atom is 0.238 e. The molecule has 0 saturated heterocycles. The zero-order valence-electron chi connectivity index (χ0n) is 17.3. The van der Waals surface area contributed by atoms with Gasteiger partial charge in [-0.15, -0.1) is 0 Å². The van der Waals surface area contributed by atoms with Crippen molar-refractivity contribution in [3.8, 4) is 5.88 Å². The number of nitrogens with one attached hydrogen (secondary N) is 2. The van der Waals surface area contributed by atoms with Gasteiger partial charge in [0, 0.05) is 40.6 Å². The van der Waals surface area contributed by atoms with Gasteiger partial charge < -0.3 is 15.4 Å². The molecule has 0 amide bonds.